The second kappa shape index (κ2) is 6.22. The molecule has 92 valence electrons. The summed E-state index contributed by atoms with van der Waals surface area (Å²) in [4.78, 5) is 2.23. The quantitative estimate of drug-likeness (QED) is 0.779. The predicted octanol–water partition coefficient (Wildman–Crippen LogP) is 2.31. The molecule has 1 fully saturated rings. The van der Waals surface area contributed by atoms with E-state index in [1.165, 1.54) is 6.42 Å². The highest BCUT2D eigenvalue weighted by Crippen LogP contribution is 2.29. The Morgan fingerprint density at radius 1 is 1.31 bits per heavy atom. The first-order valence-corrected chi connectivity index (χ1v) is 6.41. The highest BCUT2D eigenvalue weighted by Gasteiger charge is 2.31. The molecule has 1 saturated carbocycles. The molecule has 0 saturated heterocycles. The van der Waals surface area contributed by atoms with Crippen LogP contribution in [-0.4, -0.2) is 34.7 Å². The molecule has 0 heterocycles. The first kappa shape index (κ1) is 13.5. The zero-order valence-electron chi connectivity index (χ0n) is 10.6. The lowest BCUT2D eigenvalue weighted by atomic mass is 9.84. The van der Waals surface area contributed by atoms with E-state index in [2.05, 4.69) is 24.8 Å². The van der Waals surface area contributed by atoms with Crippen LogP contribution < -0.4 is 0 Å². The van der Waals surface area contributed by atoms with Crippen LogP contribution in [0.5, 0.6) is 0 Å². The van der Waals surface area contributed by atoms with Crippen molar-refractivity contribution in [3.05, 3.63) is 0 Å². The average molecular weight is 224 g/mol. The predicted molar refractivity (Wildman–Crippen MR) is 65.0 cm³/mol. The third kappa shape index (κ3) is 4.11. The van der Waals surface area contributed by atoms with E-state index in [4.69, 9.17) is 5.26 Å². The van der Waals surface area contributed by atoms with Crippen LogP contribution in [-0.2, 0) is 0 Å². The smallest absolute Gasteiger partial charge is 0.0774 e. The fourth-order valence-electron chi connectivity index (χ4n) is 2.46. The fourth-order valence-corrected chi connectivity index (χ4v) is 2.46. The van der Waals surface area contributed by atoms with Crippen LogP contribution in [0.3, 0.4) is 0 Å². The van der Waals surface area contributed by atoms with Crippen molar-refractivity contribution < 1.29 is 5.11 Å². The Morgan fingerprint density at radius 3 is 2.44 bits per heavy atom. The van der Waals surface area contributed by atoms with Gasteiger partial charge in [-0.25, -0.2) is 0 Å². The Hall–Kier alpha value is -0.590. The first-order valence-electron chi connectivity index (χ1n) is 6.41. The monoisotopic (exact) mass is 224 g/mol. The maximum atomic E-state index is 10.5. The summed E-state index contributed by atoms with van der Waals surface area (Å²) in [6, 6.07) is 2.58. The second-order valence-electron chi connectivity index (χ2n) is 5.26. The minimum absolute atomic E-state index is 0.402. The molecule has 0 bridgehead atoms. The summed E-state index contributed by atoms with van der Waals surface area (Å²) < 4.78 is 0. The summed E-state index contributed by atoms with van der Waals surface area (Å²) in [5.41, 5.74) is -0.502. The number of hydrogen-bond donors (Lipinski definition) is 1. The van der Waals surface area contributed by atoms with Crippen LogP contribution in [0.1, 0.15) is 52.4 Å². The molecular weight excluding hydrogens is 200 g/mol. The zero-order chi connectivity index (χ0) is 12.0. The van der Waals surface area contributed by atoms with Crippen molar-refractivity contribution in [2.45, 2.75) is 64.0 Å². The Labute approximate surface area is 99.1 Å². The normalized spacial score (nSPS) is 20.0. The minimum atomic E-state index is -0.502. The maximum Gasteiger partial charge on any atom is 0.0774 e. The van der Waals surface area contributed by atoms with E-state index in [0.717, 1.165) is 38.8 Å². The van der Waals surface area contributed by atoms with Crippen molar-refractivity contribution >= 4 is 0 Å². The number of nitrogens with zero attached hydrogens (tertiary/aromatic N) is 2. The van der Waals surface area contributed by atoms with Gasteiger partial charge in [0.2, 0.25) is 0 Å². The summed E-state index contributed by atoms with van der Waals surface area (Å²) in [7, 11) is 0. The maximum absolute atomic E-state index is 10.5. The summed E-state index contributed by atoms with van der Waals surface area (Å²) >= 11 is 0. The van der Waals surface area contributed by atoms with E-state index in [9.17, 15) is 5.11 Å². The SMILES string of the molecule is CC(C)N(CCC#N)CC1(O)CCCCC1. The molecule has 0 spiro atoms. The molecule has 3 nitrogen and oxygen atoms in total. The van der Waals surface area contributed by atoms with Gasteiger partial charge >= 0.3 is 0 Å². The largest absolute Gasteiger partial charge is 0.389 e. The standard InChI is InChI=1S/C13H24N2O/c1-12(2)15(10-6-9-14)11-13(16)7-4-3-5-8-13/h12,16H,3-8,10-11H2,1-2H3. The topological polar surface area (TPSA) is 47.3 Å². The van der Waals surface area contributed by atoms with Gasteiger partial charge in [0, 0.05) is 25.6 Å². The van der Waals surface area contributed by atoms with Gasteiger partial charge in [-0.1, -0.05) is 19.3 Å². The second-order valence-corrected chi connectivity index (χ2v) is 5.26. The minimum Gasteiger partial charge on any atom is -0.389 e. The van der Waals surface area contributed by atoms with Gasteiger partial charge < -0.3 is 5.11 Å². The van der Waals surface area contributed by atoms with Gasteiger partial charge in [-0.05, 0) is 26.7 Å². The summed E-state index contributed by atoms with van der Waals surface area (Å²) in [5.74, 6) is 0. The highest BCUT2D eigenvalue weighted by atomic mass is 16.3. The van der Waals surface area contributed by atoms with Gasteiger partial charge in [0.25, 0.3) is 0 Å². The van der Waals surface area contributed by atoms with Gasteiger partial charge in [-0.2, -0.15) is 5.26 Å². The highest BCUT2D eigenvalue weighted by molar-refractivity contribution is 4.87. The number of nitriles is 1. The van der Waals surface area contributed by atoms with Crippen molar-refractivity contribution in [3.63, 3.8) is 0 Å². The first-order chi connectivity index (χ1) is 7.57. The van der Waals surface area contributed by atoms with Gasteiger partial charge in [-0.3, -0.25) is 4.90 Å². The lowest BCUT2D eigenvalue weighted by Crippen LogP contribution is -2.47. The van der Waals surface area contributed by atoms with Gasteiger partial charge in [-0.15, -0.1) is 0 Å². The molecule has 0 atom stereocenters. The Bertz CT molecular complexity index is 239. The molecule has 0 amide bonds. The summed E-state index contributed by atoms with van der Waals surface area (Å²) in [6.07, 6.45) is 5.92. The van der Waals surface area contributed by atoms with Gasteiger partial charge in [0.05, 0.1) is 11.7 Å². The molecule has 0 unspecified atom stereocenters. The molecule has 0 aromatic heterocycles. The van der Waals surface area contributed by atoms with E-state index in [0.29, 0.717) is 12.5 Å². The van der Waals surface area contributed by atoms with E-state index < -0.39 is 5.60 Å². The van der Waals surface area contributed by atoms with E-state index in [1.807, 2.05) is 0 Å². The lowest BCUT2D eigenvalue weighted by Gasteiger charge is -2.38. The van der Waals surface area contributed by atoms with Gasteiger partial charge in [0.15, 0.2) is 0 Å². The van der Waals surface area contributed by atoms with Crippen molar-refractivity contribution in [1.29, 1.82) is 5.26 Å². The van der Waals surface area contributed by atoms with Crippen LogP contribution >= 0.6 is 0 Å². The van der Waals surface area contributed by atoms with E-state index in [-0.39, 0.29) is 0 Å². The number of aliphatic hydroxyl groups is 1. The molecule has 1 N–H and O–H groups in total. The zero-order valence-corrected chi connectivity index (χ0v) is 10.6. The Kier molecular flexibility index (Phi) is 5.24. The third-order valence-electron chi connectivity index (χ3n) is 3.52. The molecular formula is C13H24N2O. The van der Waals surface area contributed by atoms with Crippen LogP contribution in [0.4, 0.5) is 0 Å². The molecule has 0 aliphatic heterocycles. The number of rotatable bonds is 5. The van der Waals surface area contributed by atoms with Crippen LogP contribution in [0, 0.1) is 11.3 Å². The van der Waals surface area contributed by atoms with Crippen LogP contribution in [0.2, 0.25) is 0 Å². The van der Waals surface area contributed by atoms with Crippen LogP contribution in [0.25, 0.3) is 0 Å². The summed E-state index contributed by atoms with van der Waals surface area (Å²) in [5, 5.41) is 19.1. The molecule has 0 radical (unpaired) electrons. The Morgan fingerprint density at radius 2 is 1.94 bits per heavy atom. The van der Waals surface area contributed by atoms with Gasteiger partial charge in [0.1, 0.15) is 0 Å². The van der Waals surface area contributed by atoms with Crippen molar-refractivity contribution in [2.75, 3.05) is 13.1 Å². The van der Waals surface area contributed by atoms with Crippen LogP contribution in [0.15, 0.2) is 0 Å². The number of hydrogen-bond acceptors (Lipinski definition) is 3. The lowest BCUT2D eigenvalue weighted by molar-refractivity contribution is -0.0324. The van der Waals surface area contributed by atoms with E-state index in [1.54, 1.807) is 0 Å². The molecule has 0 aromatic rings. The third-order valence-corrected chi connectivity index (χ3v) is 3.52. The molecule has 1 rings (SSSR count). The average Bonchev–Trinajstić information content (AvgIpc) is 2.25. The molecule has 1 aliphatic carbocycles. The molecule has 1 aliphatic rings. The van der Waals surface area contributed by atoms with Crippen molar-refractivity contribution in [1.82, 2.24) is 4.90 Å². The summed E-state index contributed by atoms with van der Waals surface area (Å²) in [6.45, 7) is 5.76. The van der Waals surface area contributed by atoms with E-state index >= 15 is 0 Å². The van der Waals surface area contributed by atoms with Crippen molar-refractivity contribution in [3.8, 4) is 6.07 Å². The molecule has 3 heteroatoms. The molecule has 16 heavy (non-hydrogen) atoms. The fraction of sp³-hybridized carbons (Fsp3) is 0.923. The van der Waals surface area contributed by atoms with Crippen molar-refractivity contribution in [2.24, 2.45) is 0 Å². The Balaban J connectivity index is 2.49. The molecule has 0 aromatic carbocycles.